The molecule has 0 saturated heterocycles. The third-order valence-electron chi connectivity index (χ3n) is 2.88. The molecule has 2 aromatic carbocycles. The van der Waals surface area contributed by atoms with Gasteiger partial charge in [-0.15, -0.1) is 0 Å². The maximum absolute atomic E-state index is 13.7. The van der Waals surface area contributed by atoms with Crippen LogP contribution in [-0.4, -0.2) is 12.5 Å². The van der Waals surface area contributed by atoms with Crippen molar-refractivity contribution in [2.24, 2.45) is 5.73 Å². The van der Waals surface area contributed by atoms with Gasteiger partial charge in [0.2, 0.25) is 0 Å². The molecule has 20 heavy (non-hydrogen) atoms. The molecule has 0 aliphatic carbocycles. The van der Waals surface area contributed by atoms with E-state index in [9.17, 15) is 9.18 Å². The number of nitrogens with one attached hydrogen (secondary N) is 1. The number of benzene rings is 2. The van der Waals surface area contributed by atoms with Gasteiger partial charge in [0.05, 0.1) is 10.7 Å². The highest BCUT2D eigenvalue weighted by molar-refractivity contribution is 6.34. The summed E-state index contributed by atoms with van der Waals surface area (Å²) in [6.45, 7) is 0.435. The summed E-state index contributed by atoms with van der Waals surface area (Å²) in [5.74, 6) is -0.969. The van der Waals surface area contributed by atoms with Crippen LogP contribution >= 0.6 is 11.6 Å². The van der Waals surface area contributed by atoms with Crippen molar-refractivity contribution in [1.29, 1.82) is 0 Å². The fourth-order valence-electron chi connectivity index (χ4n) is 1.91. The summed E-state index contributed by atoms with van der Waals surface area (Å²) in [6, 6.07) is 11.3. The second-order valence-electron chi connectivity index (χ2n) is 4.25. The number of nitrogens with two attached hydrogens (primary N) is 1. The van der Waals surface area contributed by atoms with E-state index in [0.29, 0.717) is 18.5 Å². The van der Waals surface area contributed by atoms with Crippen molar-refractivity contribution in [1.82, 2.24) is 0 Å². The quantitative estimate of drug-likeness (QED) is 0.909. The van der Waals surface area contributed by atoms with Crippen LogP contribution in [0.1, 0.15) is 15.9 Å². The smallest absolute Gasteiger partial charge is 0.256 e. The lowest BCUT2D eigenvalue weighted by Gasteiger charge is -2.11. The molecular weight excluding hydrogens is 279 g/mol. The average Bonchev–Trinajstić information content (AvgIpc) is 2.44. The molecule has 0 fully saturated rings. The molecule has 3 N–H and O–H groups in total. The highest BCUT2D eigenvalue weighted by atomic mass is 35.5. The van der Waals surface area contributed by atoms with Gasteiger partial charge in [0.25, 0.3) is 5.91 Å². The fraction of sp³-hybridized carbons (Fsp3) is 0.133. The van der Waals surface area contributed by atoms with E-state index in [-0.39, 0.29) is 10.7 Å². The normalized spacial score (nSPS) is 10.3. The van der Waals surface area contributed by atoms with Gasteiger partial charge < -0.3 is 11.1 Å². The van der Waals surface area contributed by atoms with Crippen LogP contribution in [0.15, 0.2) is 42.5 Å². The second-order valence-corrected chi connectivity index (χ2v) is 4.65. The van der Waals surface area contributed by atoms with Gasteiger partial charge in [0.15, 0.2) is 0 Å². The van der Waals surface area contributed by atoms with Crippen molar-refractivity contribution in [3.8, 4) is 0 Å². The Morgan fingerprint density at radius 1 is 1.20 bits per heavy atom. The van der Waals surface area contributed by atoms with Crippen molar-refractivity contribution in [2.75, 3.05) is 11.9 Å². The third kappa shape index (κ3) is 3.15. The first-order valence-corrected chi connectivity index (χ1v) is 6.54. The highest BCUT2D eigenvalue weighted by Gasteiger charge is 2.14. The predicted molar refractivity (Wildman–Crippen MR) is 78.6 cm³/mol. The van der Waals surface area contributed by atoms with E-state index in [0.717, 1.165) is 5.56 Å². The molecule has 0 unspecified atom stereocenters. The van der Waals surface area contributed by atoms with Gasteiger partial charge in [-0.2, -0.15) is 0 Å². The fourth-order valence-corrected chi connectivity index (χ4v) is 2.12. The summed E-state index contributed by atoms with van der Waals surface area (Å²) in [6.07, 6.45) is 0.578. The highest BCUT2D eigenvalue weighted by Crippen LogP contribution is 2.25. The van der Waals surface area contributed by atoms with E-state index >= 15 is 0 Å². The van der Waals surface area contributed by atoms with Crippen LogP contribution < -0.4 is 11.1 Å². The van der Waals surface area contributed by atoms with Gasteiger partial charge in [0, 0.05) is 5.56 Å². The van der Waals surface area contributed by atoms with Gasteiger partial charge in [0.1, 0.15) is 5.82 Å². The lowest BCUT2D eigenvalue weighted by atomic mass is 10.0. The Morgan fingerprint density at radius 3 is 2.65 bits per heavy atom. The van der Waals surface area contributed by atoms with Crippen LogP contribution in [0.3, 0.4) is 0 Å². The average molecular weight is 293 g/mol. The number of hydrogen-bond acceptors (Lipinski definition) is 2. The molecular formula is C15H14ClFN2O. The zero-order chi connectivity index (χ0) is 14.5. The molecule has 0 radical (unpaired) electrons. The standard InChI is InChI=1S/C15H14ClFN2O/c16-12-6-3-7-13(17)14(12)19-15(20)11-5-2-1-4-10(11)8-9-18/h1-7H,8-9,18H2,(H,19,20). The summed E-state index contributed by atoms with van der Waals surface area (Å²) < 4.78 is 13.7. The van der Waals surface area contributed by atoms with E-state index in [1.165, 1.54) is 18.2 Å². The molecule has 0 aromatic heterocycles. The summed E-state index contributed by atoms with van der Waals surface area (Å²) in [5.41, 5.74) is 6.79. The lowest BCUT2D eigenvalue weighted by molar-refractivity contribution is 0.102. The Kier molecular flexibility index (Phi) is 4.71. The Bertz CT molecular complexity index is 611. The van der Waals surface area contributed by atoms with Crippen LogP contribution in [0, 0.1) is 5.82 Å². The van der Waals surface area contributed by atoms with Crippen LogP contribution in [-0.2, 0) is 6.42 Å². The molecule has 2 rings (SSSR count). The molecule has 0 heterocycles. The zero-order valence-corrected chi connectivity index (χ0v) is 11.5. The van der Waals surface area contributed by atoms with Gasteiger partial charge >= 0.3 is 0 Å². The van der Waals surface area contributed by atoms with Gasteiger partial charge in [-0.05, 0) is 36.7 Å². The topological polar surface area (TPSA) is 55.1 Å². The van der Waals surface area contributed by atoms with Crippen molar-refractivity contribution in [3.63, 3.8) is 0 Å². The van der Waals surface area contributed by atoms with Crippen LogP contribution in [0.25, 0.3) is 0 Å². The largest absolute Gasteiger partial charge is 0.330 e. The number of halogens is 2. The van der Waals surface area contributed by atoms with E-state index in [1.807, 2.05) is 12.1 Å². The SMILES string of the molecule is NCCc1ccccc1C(=O)Nc1c(F)cccc1Cl. The number of carbonyl (C=O) groups is 1. The third-order valence-corrected chi connectivity index (χ3v) is 3.19. The number of hydrogen-bond donors (Lipinski definition) is 2. The second kappa shape index (κ2) is 6.50. The zero-order valence-electron chi connectivity index (χ0n) is 10.7. The molecule has 104 valence electrons. The number of carbonyl (C=O) groups excluding carboxylic acids is 1. The number of anilines is 1. The van der Waals surface area contributed by atoms with E-state index in [4.69, 9.17) is 17.3 Å². The Balaban J connectivity index is 2.29. The van der Waals surface area contributed by atoms with Crippen LogP contribution in [0.5, 0.6) is 0 Å². The van der Waals surface area contributed by atoms with Crippen LogP contribution in [0.2, 0.25) is 5.02 Å². The van der Waals surface area contributed by atoms with Crippen LogP contribution in [0.4, 0.5) is 10.1 Å². The minimum atomic E-state index is -0.567. The minimum absolute atomic E-state index is 0.0123. The van der Waals surface area contributed by atoms with Crippen molar-refractivity contribution in [3.05, 3.63) is 64.4 Å². The minimum Gasteiger partial charge on any atom is -0.330 e. The Morgan fingerprint density at radius 2 is 1.95 bits per heavy atom. The van der Waals surface area contributed by atoms with Crippen molar-refractivity contribution in [2.45, 2.75) is 6.42 Å². The molecule has 5 heteroatoms. The molecule has 0 spiro atoms. The number of amides is 1. The van der Waals surface area contributed by atoms with E-state index in [2.05, 4.69) is 5.32 Å². The molecule has 0 bridgehead atoms. The number of rotatable bonds is 4. The Labute approximate surface area is 121 Å². The molecule has 0 atom stereocenters. The van der Waals surface area contributed by atoms with Gasteiger partial charge in [-0.25, -0.2) is 4.39 Å². The maximum atomic E-state index is 13.7. The summed E-state index contributed by atoms with van der Waals surface area (Å²) >= 11 is 5.89. The molecule has 3 nitrogen and oxygen atoms in total. The molecule has 2 aromatic rings. The monoisotopic (exact) mass is 292 g/mol. The summed E-state index contributed by atoms with van der Waals surface area (Å²) in [5, 5.41) is 2.67. The summed E-state index contributed by atoms with van der Waals surface area (Å²) in [7, 11) is 0. The number of para-hydroxylation sites is 1. The van der Waals surface area contributed by atoms with Gasteiger partial charge in [-0.3, -0.25) is 4.79 Å². The Hall–Kier alpha value is -1.91. The molecule has 0 aliphatic rings. The molecule has 0 saturated carbocycles. The first-order chi connectivity index (χ1) is 9.63. The van der Waals surface area contributed by atoms with Crippen molar-refractivity contribution >= 4 is 23.2 Å². The predicted octanol–water partition coefficient (Wildman–Crippen LogP) is 3.23. The van der Waals surface area contributed by atoms with Gasteiger partial charge in [-0.1, -0.05) is 35.9 Å². The lowest BCUT2D eigenvalue weighted by Crippen LogP contribution is -2.16. The molecule has 1 amide bonds. The first-order valence-electron chi connectivity index (χ1n) is 6.17. The molecule has 0 aliphatic heterocycles. The van der Waals surface area contributed by atoms with E-state index < -0.39 is 11.7 Å². The summed E-state index contributed by atoms with van der Waals surface area (Å²) in [4.78, 5) is 12.2. The van der Waals surface area contributed by atoms with E-state index in [1.54, 1.807) is 12.1 Å². The van der Waals surface area contributed by atoms with Crippen molar-refractivity contribution < 1.29 is 9.18 Å². The first kappa shape index (κ1) is 14.5. The maximum Gasteiger partial charge on any atom is 0.256 e.